The minimum atomic E-state index is -0.844. The summed E-state index contributed by atoms with van der Waals surface area (Å²) < 4.78 is 5.78. The molecule has 65 heavy (non-hydrogen) atoms. The topological polar surface area (TPSA) is 176 Å². The number of aliphatic hydroxyl groups excluding tert-OH is 1. The normalized spacial score (nSPS) is 14.1. The fourth-order valence-electron chi connectivity index (χ4n) is 8.31. The number of nitrogens with zero attached hydrogens (tertiary/aromatic N) is 2. The van der Waals surface area contributed by atoms with E-state index in [0.717, 1.165) is 53.0 Å². The van der Waals surface area contributed by atoms with Crippen molar-refractivity contribution in [2.24, 2.45) is 0 Å². The lowest BCUT2D eigenvalue weighted by molar-refractivity contribution is -0.120. The second kappa shape index (κ2) is 22.2. The van der Waals surface area contributed by atoms with Crippen LogP contribution >= 0.6 is 0 Å². The van der Waals surface area contributed by atoms with Gasteiger partial charge in [0.25, 0.3) is 0 Å². The number of rotatable bonds is 18. The van der Waals surface area contributed by atoms with Gasteiger partial charge in [-0.15, -0.1) is 0 Å². The number of fused-ring (bicyclic) bond motifs is 1. The molecule has 1 saturated heterocycles. The summed E-state index contributed by atoms with van der Waals surface area (Å²) in [5.74, 6) is -0.125. The number of piperidine rings is 1. The van der Waals surface area contributed by atoms with Gasteiger partial charge in [0, 0.05) is 74.9 Å². The summed E-state index contributed by atoms with van der Waals surface area (Å²) in [5, 5.41) is 31.1. The van der Waals surface area contributed by atoms with Gasteiger partial charge in [-0.2, -0.15) is 0 Å². The third-order valence-electron chi connectivity index (χ3n) is 12.0. The Hall–Kier alpha value is -6.80. The van der Waals surface area contributed by atoms with Gasteiger partial charge in [-0.3, -0.25) is 19.7 Å². The van der Waals surface area contributed by atoms with E-state index < -0.39 is 12.2 Å². The highest BCUT2D eigenvalue weighted by Gasteiger charge is 2.24. The zero-order valence-electron chi connectivity index (χ0n) is 37.0. The number of hydrogen-bond acceptors (Lipinski definition) is 9. The predicted octanol–water partition coefficient (Wildman–Crippen LogP) is 7.12. The maximum atomic E-state index is 13.2. The summed E-state index contributed by atoms with van der Waals surface area (Å²) in [6.07, 6.45) is 1.89. The van der Waals surface area contributed by atoms with Crippen LogP contribution in [0, 0.1) is 0 Å². The molecule has 1 fully saturated rings. The molecule has 1 aromatic heterocycles. The molecule has 0 radical (unpaired) electrons. The van der Waals surface area contributed by atoms with Gasteiger partial charge < -0.3 is 40.4 Å². The third kappa shape index (κ3) is 12.9. The fourth-order valence-corrected chi connectivity index (χ4v) is 8.31. The molecule has 13 nitrogen and oxygen atoms in total. The van der Waals surface area contributed by atoms with Crippen LogP contribution in [0.2, 0.25) is 0 Å². The molecule has 7 rings (SSSR count). The Kier molecular flexibility index (Phi) is 15.8. The number of anilines is 2. The highest BCUT2D eigenvalue weighted by Crippen LogP contribution is 2.30. The number of carbonyl (C=O) groups excluding carboxylic acids is 3. The largest absolute Gasteiger partial charge is 0.506 e. The van der Waals surface area contributed by atoms with Crippen molar-refractivity contribution in [1.82, 2.24) is 20.5 Å². The van der Waals surface area contributed by atoms with Crippen LogP contribution in [0.25, 0.3) is 22.0 Å². The van der Waals surface area contributed by atoms with E-state index in [2.05, 4.69) is 44.9 Å². The monoisotopic (exact) mass is 878 g/mol. The van der Waals surface area contributed by atoms with Crippen LogP contribution in [0.3, 0.4) is 0 Å². The summed E-state index contributed by atoms with van der Waals surface area (Å²) in [6, 6.07) is 39.5. The maximum absolute atomic E-state index is 13.2. The van der Waals surface area contributed by atoms with Crippen LogP contribution in [0.4, 0.5) is 16.2 Å². The highest BCUT2D eigenvalue weighted by atomic mass is 16.6. The van der Waals surface area contributed by atoms with Crippen molar-refractivity contribution in [3.05, 3.63) is 160 Å². The van der Waals surface area contributed by atoms with Crippen LogP contribution in [-0.2, 0) is 33.6 Å². The van der Waals surface area contributed by atoms with E-state index in [1.165, 1.54) is 12.1 Å². The lowest BCUT2D eigenvalue weighted by atomic mass is 10.0. The molecule has 6 aromatic rings. The Bertz CT molecular complexity index is 2610. The van der Waals surface area contributed by atoms with Crippen molar-refractivity contribution >= 4 is 40.2 Å². The lowest BCUT2D eigenvalue weighted by Crippen LogP contribution is -2.40. The number of amides is 3. The van der Waals surface area contributed by atoms with Gasteiger partial charge in [0.2, 0.25) is 17.4 Å². The Labute approximate surface area is 379 Å². The van der Waals surface area contributed by atoms with Gasteiger partial charge in [0.05, 0.1) is 23.7 Å². The standard InChI is InChI=1S/C52H58N6O7/c1-35(54-34-47(60)43-19-21-46(59)51-44(43)20-22-48(61)56-51)31-38-10-8-9-36(32-38)23-27-53-49(62)33-37-15-17-40(18-16-37)57(2)50(63)26-30-58-28-24-41(25-29-58)65-52(64)55-45-14-7-6-13-42(45)39-11-4-3-5-12-39/h3-22,32,35,41,47,54,59-60H,23-31,33-34H2,1-2H3,(H,53,62)(H,55,64)(H,56,61)/t35-,47-/m1/s1. The van der Waals surface area contributed by atoms with Crippen molar-refractivity contribution in [1.29, 1.82) is 0 Å². The molecule has 0 unspecified atom stereocenters. The molecule has 0 aliphatic carbocycles. The first-order valence-corrected chi connectivity index (χ1v) is 22.3. The Balaban J connectivity index is 0.775. The van der Waals surface area contributed by atoms with Crippen LogP contribution in [0.5, 0.6) is 5.75 Å². The summed E-state index contributed by atoms with van der Waals surface area (Å²) >= 11 is 0. The van der Waals surface area contributed by atoms with Crippen LogP contribution in [-0.4, -0.2) is 89.9 Å². The predicted molar refractivity (Wildman–Crippen MR) is 255 cm³/mol. The van der Waals surface area contributed by atoms with Gasteiger partial charge in [-0.1, -0.05) is 91.0 Å². The number of hydrogen-bond donors (Lipinski definition) is 6. The van der Waals surface area contributed by atoms with Crippen LogP contribution in [0.15, 0.2) is 132 Å². The molecule has 0 spiro atoms. The molecule has 2 heterocycles. The molecule has 3 amide bonds. The Morgan fingerprint density at radius 3 is 2.38 bits per heavy atom. The van der Waals surface area contributed by atoms with Crippen LogP contribution in [0.1, 0.15) is 54.5 Å². The van der Waals surface area contributed by atoms with Crippen molar-refractivity contribution in [2.75, 3.05) is 50.0 Å². The molecular weight excluding hydrogens is 821 g/mol. The van der Waals surface area contributed by atoms with E-state index in [0.29, 0.717) is 67.5 Å². The van der Waals surface area contributed by atoms with Gasteiger partial charge >= 0.3 is 6.09 Å². The third-order valence-corrected chi connectivity index (χ3v) is 12.0. The molecule has 13 heteroatoms. The summed E-state index contributed by atoms with van der Waals surface area (Å²) in [4.78, 5) is 57.1. The van der Waals surface area contributed by atoms with E-state index in [4.69, 9.17) is 4.74 Å². The number of ether oxygens (including phenoxy) is 1. The number of para-hydroxylation sites is 1. The van der Waals surface area contributed by atoms with E-state index in [-0.39, 0.29) is 41.7 Å². The molecule has 1 aliphatic heterocycles. The molecule has 338 valence electrons. The van der Waals surface area contributed by atoms with Gasteiger partial charge in [-0.05, 0) is 90.8 Å². The Morgan fingerprint density at radius 1 is 0.862 bits per heavy atom. The SMILES string of the molecule is C[C@H](Cc1cccc(CCNC(=O)Cc2ccc(N(C)C(=O)CCN3CCC(OC(=O)Nc4ccccc4-c4ccccc4)CC3)cc2)c1)NC[C@@H](O)c1ccc(O)c2[nH]c(=O)ccc12. The number of carbonyl (C=O) groups is 3. The molecule has 1 aliphatic rings. The smallest absolute Gasteiger partial charge is 0.411 e. The van der Waals surface area contributed by atoms with E-state index >= 15 is 0 Å². The van der Waals surface area contributed by atoms with E-state index in [9.17, 15) is 29.4 Å². The van der Waals surface area contributed by atoms with Crippen molar-refractivity contribution in [2.45, 2.75) is 63.7 Å². The zero-order valence-corrected chi connectivity index (χ0v) is 37.0. The number of benzene rings is 5. The minimum Gasteiger partial charge on any atom is -0.506 e. The van der Waals surface area contributed by atoms with Gasteiger partial charge in [0.15, 0.2) is 0 Å². The summed E-state index contributed by atoms with van der Waals surface area (Å²) in [6.45, 7) is 4.92. The molecule has 5 aromatic carbocycles. The van der Waals surface area contributed by atoms with Gasteiger partial charge in [-0.25, -0.2) is 4.79 Å². The molecule has 0 bridgehead atoms. The number of nitrogens with one attached hydrogen (secondary N) is 4. The Morgan fingerprint density at radius 2 is 1.60 bits per heavy atom. The fraction of sp³-hybridized carbons (Fsp3) is 0.308. The van der Waals surface area contributed by atoms with Crippen molar-refractivity contribution < 1.29 is 29.3 Å². The molecule has 6 N–H and O–H groups in total. The summed E-state index contributed by atoms with van der Waals surface area (Å²) in [5.41, 5.74) is 7.10. The minimum absolute atomic E-state index is 0.00116. The van der Waals surface area contributed by atoms with Crippen LogP contribution < -0.4 is 26.4 Å². The van der Waals surface area contributed by atoms with Gasteiger partial charge in [0.1, 0.15) is 11.9 Å². The number of phenolic OH excluding ortho intramolecular Hbond substituents is 1. The molecular formula is C52H58N6O7. The lowest BCUT2D eigenvalue weighted by Gasteiger charge is -2.31. The highest BCUT2D eigenvalue weighted by molar-refractivity contribution is 5.93. The average molecular weight is 879 g/mol. The maximum Gasteiger partial charge on any atom is 0.411 e. The van der Waals surface area contributed by atoms with E-state index in [1.54, 1.807) is 24.1 Å². The number of aromatic nitrogens is 1. The number of H-pyrrole nitrogens is 1. The van der Waals surface area contributed by atoms with Crippen molar-refractivity contribution in [3.63, 3.8) is 0 Å². The number of aliphatic hydroxyl groups is 1. The summed E-state index contributed by atoms with van der Waals surface area (Å²) in [7, 11) is 1.77. The zero-order chi connectivity index (χ0) is 45.7. The first-order valence-electron chi connectivity index (χ1n) is 22.3. The first kappa shape index (κ1) is 46.2. The molecule has 2 atom stereocenters. The molecule has 0 saturated carbocycles. The average Bonchev–Trinajstić information content (AvgIpc) is 3.31. The number of likely N-dealkylation sites (tertiary alicyclic amines) is 1. The second-order valence-electron chi connectivity index (χ2n) is 16.8. The number of aromatic hydroxyl groups is 1. The second-order valence-corrected chi connectivity index (χ2v) is 16.8. The number of pyridine rings is 1. The quantitative estimate of drug-likeness (QED) is 0.0525. The number of phenols is 1. The first-order chi connectivity index (χ1) is 31.5. The number of aromatic amines is 1. The van der Waals surface area contributed by atoms with E-state index in [1.807, 2.05) is 91.0 Å². The van der Waals surface area contributed by atoms with Crippen molar-refractivity contribution in [3.8, 4) is 16.9 Å².